The number of amides is 2. The summed E-state index contributed by atoms with van der Waals surface area (Å²) in [6.45, 7) is 22.6. The van der Waals surface area contributed by atoms with E-state index in [-0.39, 0.29) is 22.8 Å². The van der Waals surface area contributed by atoms with Gasteiger partial charge in [-0.3, -0.25) is 14.5 Å². The average Bonchev–Trinajstić information content (AvgIpc) is 3.76. The molecule has 0 radical (unpaired) electrons. The molecule has 3 heterocycles. The van der Waals surface area contributed by atoms with Crippen LogP contribution in [0.1, 0.15) is 99.8 Å². The highest BCUT2D eigenvalue weighted by molar-refractivity contribution is 6.30. The number of hydrogen-bond acceptors (Lipinski definition) is 6. The number of nitrogens with zero attached hydrogens (tertiary/aromatic N) is 3. The second-order valence-corrected chi connectivity index (χ2v) is 15.5. The molecule has 8 nitrogen and oxygen atoms in total. The summed E-state index contributed by atoms with van der Waals surface area (Å²) in [6.07, 6.45) is 11.6. The van der Waals surface area contributed by atoms with Gasteiger partial charge in [0.15, 0.2) is 0 Å². The summed E-state index contributed by atoms with van der Waals surface area (Å²) in [4.78, 5) is 38.9. The fourth-order valence-electron chi connectivity index (χ4n) is 5.43. The van der Waals surface area contributed by atoms with E-state index >= 15 is 0 Å². The lowest BCUT2D eigenvalue weighted by atomic mass is 9.85. The summed E-state index contributed by atoms with van der Waals surface area (Å²) in [5, 5.41) is 3.99. The van der Waals surface area contributed by atoms with Crippen molar-refractivity contribution in [2.45, 2.75) is 111 Å². The monoisotopic (exact) mass is 678 g/mol. The first-order chi connectivity index (χ1) is 22.2. The predicted octanol–water partition coefficient (Wildman–Crippen LogP) is 6.95. The van der Waals surface area contributed by atoms with Crippen molar-refractivity contribution in [2.24, 2.45) is 17.3 Å². The van der Waals surface area contributed by atoms with Gasteiger partial charge in [-0.2, -0.15) is 0 Å². The van der Waals surface area contributed by atoms with E-state index in [0.29, 0.717) is 19.3 Å². The molecule has 3 saturated heterocycles. The minimum Gasteiger partial charge on any atom is -0.378 e. The number of halogens is 1. The minimum absolute atomic E-state index is 0.205. The Morgan fingerprint density at radius 1 is 0.915 bits per heavy atom. The molecule has 1 atom stereocenters. The average molecular weight is 679 g/mol. The number of carbonyl (C=O) groups excluding carboxylic acids is 3. The lowest BCUT2D eigenvalue weighted by Crippen LogP contribution is -2.44. The van der Waals surface area contributed by atoms with Crippen LogP contribution in [0.5, 0.6) is 0 Å². The largest absolute Gasteiger partial charge is 0.378 e. The van der Waals surface area contributed by atoms with Gasteiger partial charge in [-0.25, -0.2) is 0 Å². The fraction of sp³-hybridized carbons (Fsp3) is 0.763. The predicted molar refractivity (Wildman–Crippen MR) is 196 cm³/mol. The van der Waals surface area contributed by atoms with Crippen LogP contribution >= 0.6 is 11.6 Å². The molecule has 1 unspecified atom stereocenters. The first-order valence-electron chi connectivity index (χ1n) is 17.9. The molecule has 47 heavy (non-hydrogen) atoms. The molecule has 4 fully saturated rings. The molecule has 270 valence electrons. The molecule has 1 aromatic carbocycles. The summed E-state index contributed by atoms with van der Waals surface area (Å²) in [5.41, 5.74) is 0.0286. The van der Waals surface area contributed by atoms with Crippen molar-refractivity contribution >= 4 is 30.2 Å². The molecule has 2 amide bonds. The number of morpholine rings is 1. The number of likely N-dealkylation sites (tertiary alicyclic amines) is 2. The third-order valence-electron chi connectivity index (χ3n) is 9.47. The highest BCUT2D eigenvalue weighted by atomic mass is 35.5. The van der Waals surface area contributed by atoms with Gasteiger partial charge >= 0.3 is 0 Å². The van der Waals surface area contributed by atoms with Crippen molar-refractivity contribution in [3.63, 3.8) is 0 Å². The number of rotatable bonds is 5. The number of ether oxygens (including phenoxy) is 1. The maximum atomic E-state index is 11.9. The quantitative estimate of drug-likeness (QED) is 0.340. The molecule has 4 aliphatic rings. The zero-order valence-corrected chi connectivity index (χ0v) is 31.7. The molecule has 0 bridgehead atoms. The van der Waals surface area contributed by atoms with Gasteiger partial charge in [0, 0.05) is 47.6 Å². The molecule has 0 spiro atoms. The Morgan fingerprint density at radius 2 is 1.49 bits per heavy atom. The first-order valence-corrected chi connectivity index (χ1v) is 18.3. The van der Waals surface area contributed by atoms with Crippen molar-refractivity contribution < 1.29 is 19.1 Å². The topological polar surface area (TPSA) is 82.2 Å². The van der Waals surface area contributed by atoms with Gasteiger partial charge in [0.2, 0.25) is 12.3 Å². The van der Waals surface area contributed by atoms with Gasteiger partial charge < -0.3 is 24.6 Å². The summed E-state index contributed by atoms with van der Waals surface area (Å²) in [6, 6.07) is 9.87. The Balaban J connectivity index is 0.000000306. The lowest BCUT2D eigenvalue weighted by molar-refractivity contribution is -0.130. The van der Waals surface area contributed by atoms with Gasteiger partial charge in [0.1, 0.15) is 6.29 Å². The number of benzene rings is 1. The minimum atomic E-state index is -0.205. The number of nitrogens with one attached hydrogen (secondary N) is 1. The van der Waals surface area contributed by atoms with Crippen LogP contribution in [-0.4, -0.2) is 104 Å². The van der Waals surface area contributed by atoms with Crippen molar-refractivity contribution in [2.75, 3.05) is 59.5 Å². The maximum Gasteiger partial charge on any atom is 0.225 e. The molecule has 1 saturated carbocycles. The van der Waals surface area contributed by atoms with Crippen LogP contribution in [0.4, 0.5) is 0 Å². The third kappa shape index (κ3) is 19.6. The second kappa shape index (κ2) is 23.4. The smallest absolute Gasteiger partial charge is 0.225 e. The number of hydrogen-bond donors (Lipinski definition) is 1. The Morgan fingerprint density at radius 3 is 1.83 bits per heavy atom. The highest BCUT2D eigenvalue weighted by Gasteiger charge is 2.30. The van der Waals surface area contributed by atoms with E-state index in [1.807, 2.05) is 44.2 Å². The molecular weight excluding hydrogens is 612 g/mol. The van der Waals surface area contributed by atoms with Crippen LogP contribution < -0.4 is 5.32 Å². The first kappa shape index (κ1) is 43.0. The van der Waals surface area contributed by atoms with E-state index in [0.717, 1.165) is 75.5 Å². The van der Waals surface area contributed by atoms with E-state index in [4.69, 9.17) is 16.3 Å². The van der Waals surface area contributed by atoms with Crippen LogP contribution in [0.15, 0.2) is 30.3 Å². The Labute approximate surface area is 292 Å². The highest BCUT2D eigenvalue weighted by Crippen LogP contribution is 2.26. The summed E-state index contributed by atoms with van der Waals surface area (Å²) >= 11 is 5.54. The molecule has 1 N–H and O–H groups in total. The number of aldehydes is 1. The van der Waals surface area contributed by atoms with Crippen molar-refractivity contribution in [1.29, 1.82) is 0 Å². The molecule has 5 rings (SSSR count). The molecule has 1 aromatic rings. The fourth-order valence-corrected chi connectivity index (χ4v) is 5.57. The van der Waals surface area contributed by atoms with E-state index in [9.17, 15) is 14.4 Å². The molecule has 9 heteroatoms. The maximum absolute atomic E-state index is 11.9. The zero-order chi connectivity index (χ0) is 35.3. The van der Waals surface area contributed by atoms with Crippen LogP contribution in [0.2, 0.25) is 5.02 Å². The Kier molecular flexibility index (Phi) is 21.4. The zero-order valence-electron chi connectivity index (χ0n) is 30.9. The van der Waals surface area contributed by atoms with Gasteiger partial charge in [-0.1, -0.05) is 57.5 Å². The standard InChI is InChI=1S/C13H25NO.C9H17NO.C6H5Cl.C5H9NO2.C5H11N/c1-5-13(3,4)12(15)14-11-8-6-10(2)7-9-11;1-9(2,3)10-5-4-8(6-10)7-11;7-6-4-2-1-3-5-6;7-5-6-1-3-8-4-2-6;1-6-4-2-3-5-6/h10-11H,5-9H2,1-4H3,(H,14,15);7-8H,4-6H2,1-3H3;1-5H;5H,1-4H2;2-5H2,1H3. The summed E-state index contributed by atoms with van der Waals surface area (Å²) in [7, 11) is 2.17. The summed E-state index contributed by atoms with van der Waals surface area (Å²) < 4.78 is 5.00. The van der Waals surface area contributed by atoms with Gasteiger partial charge in [-0.15, -0.1) is 0 Å². The lowest BCUT2D eigenvalue weighted by Gasteiger charge is -2.31. The van der Waals surface area contributed by atoms with Crippen LogP contribution in [-0.2, 0) is 19.1 Å². The van der Waals surface area contributed by atoms with Crippen LogP contribution in [0.3, 0.4) is 0 Å². The Bertz CT molecular complexity index is 968. The number of carbonyl (C=O) groups is 3. The van der Waals surface area contributed by atoms with Crippen molar-refractivity contribution in [3.05, 3.63) is 35.4 Å². The van der Waals surface area contributed by atoms with E-state index in [2.05, 4.69) is 56.8 Å². The van der Waals surface area contributed by atoms with Crippen molar-refractivity contribution in [3.8, 4) is 0 Å². The molecule has 1 aliphatic carbocycles. The van der Waals surface area contributed by atoms with Crippen LogP contribution in [0.25, 0.3) is 0 Å². The second-order valence-electron chi connectivity index (χ2n) is 15.0. The molecule has 3 aliphatic heterocycles. The Hall–Kier alpha value is -2.00. The molecular formula is C38H67ClN4O4. The van der Waals surface area contributed by atoms with E-state index in [1.54, 1.807) is 4.90 Å². The van der Waals surface area contributed by atoms with Gasteiger partial charge in [0.25, 0.3) is 0 Å². The SMILES string of the molecule is CC(C)(C)N1CCC(C=O)C1.CCC(C)(C)C(=O)NC1CCC(C)CC1.CN1CCCC1.Clc1ccccc1.O=CN1CCOCC1. The third-order valence-corrected chi connectivity index (χ3v) is 9.72. The van der Waals surface area contributed by atoms with Crippen molar-refractivity contribution in [1.82, 2.24) is 20.0 Å². The van der Waals surface area contributed by atoms with Gasteiger partial charge in [-0.05, 0) is 117 Å². The van der Waals surface area contributed by atoms with E-state index in [1.165, 1.54) is 38.8 Å². The van der Waals surface area contributed by atoms with Crippen LogP contribution in [0, 0.1) is 17.3 Å². The van der Waals surface area contributed by atoms with Gasteiger partial charge in [0.05, 0.1) is 13.2 Å². The normalized spacial score (nSPS) is 23.3. The molecule has 0 aromatic heterocycles. The van der Waals surface area contributed by atoms with E-state index < -0.39 is 0 Å². The summed E-state index contributed by atoms with van der Waals surface area (Å²) in [5.74, 6) is 1.36.